The third-order valence-corrected chi connectivity index (χ3v) is 14.9. The van der Waals surface area contributed by atoms with Crippen molar-refractivity contribution < 1.29 is 52.4 Å². The number of β-amino-alcohol motifs (C(OH)–C–C–N with tert-alkyl or cyclic N) is 1. The number of ether oxygens (including phenoxy) is 6. The molecule has 0 saturated carbocycles. The molecule has 2 aliphatic rings. The van der Waals surface area contributed by atoms with Gasteiger partial charge in [-0.05, 0) is 68.5 Å². The van der Waals surface area contributed by atoms with Crippen LogP contribution in [0.3, 0.4) is 0 Å². The molecule has 8 rings (SSSR count). The summed E-state index contributed by atoms with van der Waals surface area (Å²) in [6.45, 7) is 11.8. The standard InChI is InChI=1S/C55H69ClN10O12S/c1-33(2)49(46-23-34(3)63-78-46)54(71)66-30-40(67)27-44(66)52(69)58-28-37-8-7-36(50-35(4)60-32-79-50)25-45(37)76-22-20-74-18-16-72-15-17-73-19-21-75-41-11-13-65(14-12-41)55-59-29-42(56)51(62-55)61-39-9-10-43-38(24-39)26-47(53(70)64(43)6)77-31-48(68)57-5/h7-10,23-26,29,32-33,40-41,44,49,67H,11-22,27-28,30-31H2,1-6H3,(H,57,68)(H,58,69)(H,59,61,62)/t40-,44+,49?/m1/s1. The normalized spacial score (nSPS) is 16.2. The Bertz CT molecular complexity index is 3090. The molecule has 0 radical (unpaired) electrons. The van der Waals surface area contributed by atoms with Gasteiger partial charge in [0, 0.05) is 69.4 Å². The minimum Gasteiger partial charge on any atom is -0.491 e. The number of likely N-dealkylation sites (tertiary alicyclic amines) is 1. The summed E-state index contributed by atoms with van der Waals surface area (Å²) in [4.78, 5) is 70.4. The summed E-state index contributed by atoms with van der Waals surface area (Å²) in [6, 6.07) is 13.8. The zero-order valence-electron chi connectivity index (χ0n) is 45.3. The van der Waals surface area contributed by atoms with Crippen LogP contribution in [0.1, 0.15) is 61.7 Å². The highest BCUT2D eigenvalue weighted by Crippen LogP contribution is 2.34. The summed E-state index contributed by atoms with van der Waals surface area (Å²) in [7, 11) is 3.15. The molecule has 24 heteroatoms. The highest BCUT2D eigenvalue weighted by atomic mass is 35.5. The molecular weight excluding hydrogens is 1060 g/mol. The molecule has 6 aromatic rings. The molecule has 0 aliphatic carbocycles. The molecule has 1 unspecified atom stereocenters. The Hall–Kier alpha value is -6.73. The molecule has 3 atom stereocenters. The maximum Gasteiger partial charge on any atom is 0.293 e. The Labute approximate surface area is 467 Å². The summed E-state index contributed by atoms with van der Waals surface area (Å²) in [5.41, 5.74) is 6.05. The molecule has 6 heterocycles. The number of nitrogens with one attached hydrogen (secondary N) is 3. The topological polar surface area (TPSA) is 256 Å². The Kier molecular flexibility index (Phi) is 20.6. The van der Waals surface area contributed by atoms with Gasteiger partial charge in [-0.1, -0.05) is 42.7 Å². The van der Waals surface area contributed by atoms with Gasteiger partial charge in [-0.2, -0.15) is 4.98 Å². The molecule has 0 spiro atoms. The molecule has 4 aromatic heterocycles. The number of piperidine rings is 1. The van der Waals surface area contributed by atoms with Crippen LogP contribution in [-0.2, 0) is 46.9 Å². The van der Waals surface area contributed by atoms with Gasteiger partial charge in [0.25, 0.3) is 11.5 Å². The van der Waals surface area contributed by atoms with Crippen LogP contribution in [-0.4, -0.2) is 157 Å². The van der Waals surface area contributed by atoms with E-state index >= 15 is 0 Å². The molecule has 22 nitrogen and oxygen atoms in total. The minimum atomic E-state index is -0.858. The van der Waals surface area contributed by atoms with Crippen LogP contribution >= 0.6 is 22.9 Å². The molecule has 424 valence electrons. The number of hydrogen-bond acceptors (Lipinski definition) is 19. The van der Waals surface area contributed by atoms with Crippen molar-refractivity contribution in [3.63, 3.8) is 0 Å². The van der Waals surface area contributed by atoms with Crippen LogP contribution in [0, 0.1) is 19.8 Å². The number of aromatic nitrogens is 5. The monoisotopic (exact) mass is 1130 g/mol. The number of fused-ring (bicyclic) bond motifs is 1. The second-order valence-electron chi connectivity index (χ2n) is 19.6. The van der Waals surface area contributed by atoms with Gasteiger partial charge in [-0.25, -0.2) is 9.97 Å². The zero-order chi connectivity index (χ0) is 56.0. The second-order valence-corrected chi connectivity index (χ2v) is 20.9. The van der Waals surface area contributed by atoms with Gasteiger partial charge in [0.2, 0.25) is 17.8 Å². The Balaban J connectivity index is 0.710. The molecule has 3 amide bonds. The number of carbonyl (C=O) groups is 3. The van der Waals surface area contributed by atoms with Crippen molar-refractivity contribution in [2.24, 2.45) is 13.0 Å². The van der Waals surface area contributed by atoms with E-state index in [0.29, 0.717) is 105 Å². The number of nitrogens with zero attached hydrogens (tertiary/aromatic N) is 7. The maximum atomic E-state index is 13.9. The number of benzene rings is 2. The van der Waals surface area contributed by atoms with Gasteiger partial charge in [-0.15, -0.1) is 11.3 Å². The van der Waals surface area contributed by atoms with E-state index in [4.69, 9.17) is 49.5 Å². The number of aliphatic hydroxyl groups is 1. The van der Waals surface area contributed by atoms with Gasteiger partial charge in [-0.3, -0.25) is 19.2 Å². The number of aliphatic hydroxyl groups excluding tert-OH is 1. The second kappa shape index (κ2) is 27.9. The number of pyridine rings is 1. The third-order valence-electron chi connectivity index (χ3n) is 13.6. The van der Waals surface area contributed by atoms with E-state index < -0.39 is 18.1 Å². The van der Waals surface area contributed by atoms with Crippen molar-refractivity contribution in [1.29, 1.82) is 0 Å². The lowest BCUT2D eigenvalue weighted by atomic mass is 9.91. The highest BCUT2D eigenvalue weighted by molar-refractivity contribution is 7.13. The molecule has 0 bridgehead atoms. The lowest BCUT2D eigenvalue weighted by molar-refractivity contribution is -0.141. The summed E-state index contributed by atoms with van der Waals surface area (Å²) >= 11 is 8.07. The van der Waals surface area contributed by atoms with E-state index in [1.807, 2.05) is 57.2 Å². The van der Waals surface area contributed by atoms with Crippen LogP contribution in [0.4, 0.5) is 17.5 Å². The number of rotatable bonds is 27. The first kappa shape index (κ1) is 58.4. The molecule has 2 aromatic carbocycles. The van der Waals surface area contributed by atoms with E-state index in [1.165, 1.54) is 27.9 Å². The van der Waals surface area contributed by atoms with Crippen molar-refractivity contribution in [3.8, 4) is 21.9 Å². The fourth-order valence-corrected chi connectivity index (χ4v) is 10.4. The summed E-state index contributed by atoms with van der Waals surface area (Å²) < 4.78 is 42.1. The largest absolute Gasteiger partial charge is 0.491 e. The van der Waals surface area contributed by atoms with Crippen molar-refractivity contribution in [1.82, 2.24) is 40.2 Å². The summed E-state index contributed by atoms with van der Waals surface area (Å²) in [5.74, 6) is 0.269. The number of anilines is 3. The number of hydrogen-bond donors (Lipinski definition) is 4. The predicted octanol–water partition coefficient (Wildman–Crippen LogP) is 5.71. The first-order valence-corrected chi connectivity index (χ1v) is 27.6. The van der Waals surface area contributed by atoms with Crippen LogP contribution in [0.5, 0.6) is 11.5 Å². The van der Waals surface area contributed by atoms with E-state index in [-0.39, 0.29) is 73.8 Å². The molecular formula is C55H69ClN10O12S. The van der Waals surface area contributed by atoms with Gasteiger partial charge in [0.1, 0.15) is 35.1 Å². The SMILES string of the molecule is CNC(=O)COc1cc2cc(Nc3nc(N4CCC(OCCOCCOCCOCCOc5cc(-c6scnc6C)ccc5CNC(=O)[C@@H]5C[C@@H](O)CN5C(=O)C(c5cc(C)no5)C(C)C)CC4)ncc3Cl)ccc2n(C)c1=O. The quantitative estimate of drug-likeness (QED) is 0.0451. The minimum absolute atomic E-state index is 0.0438. The third kappa shape index (κ3) is 15.3. The van der Waals surface area contributed by atoms with Gasteiger partial charge < -0.3 is 68.4 Å². The Morgan fingerprint density at radius 1 is 0.911 bits per heavy atom. The van der Waals surface area contributed by atoms with E-state index in [1.54, 1.807) is 37.8 Å². The lowest BCUT2D eigenvalue weighted by Crippen LogP contribution is -2.48. The Morgan fingerprint density at radius 2 is 1.65 bits per heavy atom. The smallest absolute Gasteiger partial charge is 0.293 e. The number of aryl methyl sites for hydroxylation is 3. The first-order valence-electron chi connectivity index (χ1n) is 26.4. The van der Waals surface area contributed by atoms with Crippen LogP contribution < -0.4 is 35.9 Å². The van der Waals surface area contributed by atoms with Crippen LogP contribution in [0.25, 0.3) is 21.3 Å². The number of carbonyl (C=O) groups excluding carboxylic acids is 3. The van der Waals surface area contributed by atoms with Gasteiger partial charge >= 0.3 is 0 Å². The average Bonchev–Trinajstić information content (AvgIpc) is 4.20. The Morgan fingerprint density at radius 3 is 2.33 bits per heavy atom. The zero-order valence-corrected chi connectivity index (χ0v) is 46.9. The lowest BCUT2D eigenvalue weighted by Gasteiger charge is -2.32. The van der Waals surface area contributed by atoms with Gasteiger partial charge in [0.15, 0.2) is 18.2 Å². The molecule has 4 N–H and O–H groups in total. The number of amides is 3. The number of thiazole rings is 1. The summed E-state index contributed by atoms with van der Waals surface area (Å²) in [5, 5.41) is 24.4. The molecule has 79 heavy (non-hydrogen) atoms. The average molecular weight is 1130 g/mol. The fourth-order valence-electron chi connectivity index (χ4n) is 9.44. The highest BCUT2D eigenvalue weighted by Gasteiger charge is 2.43. The van der Waals surface area contributed by atoms with Crippen molar-refractivity contribution in [3.05, 3.63) is 98.3 Å². The molecule has 2 saturated heterocycles. The number of likely N-dealkylation sites (N-methyl/N-ethyl adjacent to an activating group) is 1. The van der Waals surface area contributed by atoms with Gasteiger partial charge in [0.05, 0.1) is 91.9 Å². The first-order chi connectivity index (χ1) is 38.2. The molecule has 2 aliphatic heterocycles. The predicted molar refractivity (Wildman–Crippen MR) is 297 cm³/mol. The van der Waals surface area contributed by atoms with E-state index in [0.717, 1.165) is 39.9 Å². The number of halogens is 1. The van der Waals surface area contributed by atoms with Crippen LogP contribution in [0.15, 0.2) is 69.6 Å². The van der Waals surface area contributed by atoms with Crippen molar-refractivity contribution >= 4 is 69.0 Å². The summed E-state index contributed by atoms with van der Waals surface area (Å²) in [6.07, 6.45) is 2.50. The van der Waals surface area contributed by atoms with E-state index in [9.17, 15) is 24.3 Å². The maximum absolute atomic E-state index is 13.9. The van der Waals surface area contributed by atoms with Crippen LogP contribution in [0.2, 0.25) is 5.02 Å². The van der Waals surface area contributed by atoms with Crippen molar-refractivity contribution in [2.45, 2.75) is 77.7 Å². The van der Waals surface area contributed by atoms with Crippen molar-refractivity contribution in [2.75, 3.05) is 96.4 Å². The molecule has 2 fully saturated rings. The van der Waals surface area contributed by atoms with E-state index in [2.05, 4.69) is 36.0 Å². The fraction of sp³-hybridized carbons (Fsp3) is 0.491.